The Bertz CT molecular complexity index is 791. The Morgan fingerprint density at radius 2 is 1.73 bits per heavy atom. The van der Waals surface area contributed by atoms with Crippen LogP contribution in [0.1, 0.15) is 59.7 Å². The number of aromatic carboxylic acids is 1. The highest BCUT2D eigenvalue weighted by atomic mass is 16.5. The van der Waals surface area contributed by atoms with Crippen molar-refractivity contribution in [2.24, 2.45) is 0 Å². The summed E-state index contributed by atoms with van der Waals surface area (Å²) in [4.78, 5) is 20.7. The predicted octanol–water partition coefficient (Wildman–Crippen LogP) is 4.80. The lowest BCUT2D eigenvalue weighted by Crippen LogP contribution is -2.20. The van der Waals surface area contributed by atoms with Gasteiger partial charge in [-0.25, -0.2) is 9.78 Å². The van der Waals surface area contributed by atoms with Crippen LogP contribution < -0.4 is 10.1 Å². The molecule has 0 atom stereocenters. The van der Waals surface area contributed by atoms with Crippen LogP contribution in [0.15, 0.2) is 12.1 Å². The molecule has 0 amide bonds. The second-order valence-electron chi connectivity index (χ2n) is 6.55. The Morgan fingerprint density at radius 1 is 1.12 bits per heavy atom. The summed E-state index contributed by atoms with van der Waals surface area (Å²) < 4.78 is 5.96. The topological polar surface area (TPSA) is 84.3 Å². The average Bonchev–Trinajstić information content (AvgIpc) is 2.55. The number of nitrogens with one attached hydrogen (secondary N) is 1. The van der Waals surface area contributed by atoms with E-state index in [0.29, 0.717) is 22.8 Å². The number of carbonyl (C=O) groups is 1. The van der Waals surface area contributed by atoms with Crippen LogP contribution in [0, 0.1) is 27.7 Å². The molecule has 0 unspecified atom stereocenters. The van der Waals surface area contributed by atoms with Crippen LogP contribution in [-0.2, 0) is 0 Å². The van der Waals surface area contributed by atoms with Crippen molar-refractivity contribution < 1.29 is 14.6 Å². The first-order valence-corrected chi connectivity index (χ1v) is 8.90. The maximum absolute atomic E-state index is 12.0. The first-order valence-electron chi connectivity index (χ1n) is 8.90. The Kier molecular flexibility index (Phi) is 6.18. The lowest BCUT2D eigenvalue weighted by Gasteiger charge is -2.20. The normalized spacial score (nSPS) is 10.9. The first-order chi connectivity index (χ1) is 12.3. The number of aromatic nitrogens is 2. The summed E-state index contributed by atoms with van der Waals surface area (Å²) in [5.41, 5.74) is 3.75. The number of carboxylic acids is 1. The van der Waals surface area contributed by atoms with Gasteiger partial charge in [0.1, 0.15) is 5.56 Å². The summed E-state index contributed by atoms with van der Waals surface area (Å²) >= 11 is 0. The van der Waals surface area contributed by atoms with E-state index in [1.165, 1.54) is 0 Å². The second kappa shape index (κ2) is 8.17. The van der Waals surface area contributed by atoms with Crippen LogP contribution in [0.3, 0.4) is 0 Å². The van der Waals surface area contributed by atoms with E-state index in [2.05, 4.69) is 29.1 Å². The minimum Gasteiger partial charge on any atom is -0.477 e. The van der Waals surface area contributed by atoms with Crippen molar-refractivity contribution in [1.82, 2.24) is 9.97 Å². The van der Waals surface area contributed by atoms with Gasteiger partial charge in [-0.05, 0) is 58.2 Å². The van der Waals surface area contributed by atoms with Crippen molar-refractivity contribution >= 4 is 11.7 Å². The fourth-order valence-electron chi connectivity index (χ4n) is 3.01. The number of ether oxygens (including phenoxy) is 1. The molecule has 2 heterocycles. The molecule has 2 aromatic rings. The van der Waals surface area contributed by atoms with Gasteiger partial charge in [-0.15, -0.1) is 0 Å². The molecule has 0 fully saturated rings. The highest BCUT2D eigenvalue weighted by Crippen LogP contribution is 2.33. The molecular weight excluding hydrogens is 330 g/mol. The fourth-order valence-corrected chi connectivity index (χ4v) is 3.01. The number of rotatable bonds is 7. The molecule has 2 N–H and O–H groups in total. The molecule has 0 radical (unpaired) electrons. The molecule has 0 aliphatic carbocycles. The van der Waals surface area contributed by atoms with Crippen LogP contribution in [0.2, 0.25) is 0 Å². The summed E-state index contributed by atoms with van der Waals surface area (Å²) in [5.74, 6) is -0.441. The number of carboxylic acid groups (broad SMARTS) is 1. The van der Waals surface area contributed by atoms with Crippen LogP contribution in [-0.4, -0.2) is 27.1 Å². The van der Waals surface area contributed by atoms with Gasteiger partial charge in [0.05, 0.1) is 11.4 Å². The van der Waals surface area contributed by atoms with E-state index in [0.717, 1.165) is 24.1 Å². The largest absolute Gasteiger partial charge is 0.477 e. The van der Waals surface area contributed by atoms with Gasteiger partial charge in [-0.2, -0.15) is 0 Å². The van der Waals surface area contributed by atoms with E-state index < -0.39 is 5.97 Å². The van der Waals surface area contributed by atoms with Gasteiger partial charge in [-0.3, -0.25) is 4.98 Å². The number of aryl methyl sites for hydroxylation is 4. The van der Waals surface area contributed by atoms with Crippen LogP contribution in [0.25, 0.3) is 0 Å². The van der Waals surface area contributed by atoms with Gasteiger partial charge in [0.25, 0.3) is 0 Å². The second-order valence-corrected chi connectivity index (χ2v) is 6.55. The summed E-state index contributed by atoms with van der Waals surface area (Å²) in [6.45, 7) is 11.6. The molecule has 6 heteroatoms. The number of pyridine rings is 2. The van der Waals surface area contributed by atoms with E-state index in [9.17, 15) is 9.90 Å². The van der Waals surface area contributed by atoms with E-state index in [-0.39, 0.29) is 17.5 Å². The maximum atomic E-state index is 12.0. The first kappa shape index (κ1) is 19.7. The van der Waals surface area contributed by atoms with E-state index >= 15 is 0 Å². The van der Waals surface area contributed by atoms with Crippen molar-refractivity contribution in [3.8, 4) is 11.6 Å². The van der Waals surface area contributed by atoms with Crippen molar-refractivity contribution in [3.63, 3.8) is 0 Å². The standard InChI is InChI=1S/C20H27N3O3/c1-7-15(8-2)23-16-10-13(5)22-19(17(16)20(24)25)26-18-11(3)9-12(4)21-14(18)6/h9-10,15H,7-8H2,1-6H3,(H,22,23)(H,24,25). The molecule has 0 aliphatic rings. The zero-order chi connectivity index (χ0) is 19.4. The Hall–Kier alpha value is -2.63. The Balaban J connectivity index is 2.55. The van der Waals surface area contributed by atoms with E-state index in [4.69, 9.17) is 4.74 Å². The summed E-state index contributed by atoms with van der Waals surface area (Å²) in [5, 5.41) is 13.1. The highest BCUT2D eigenvalue weighted by molar-refractivity contribution is 5.97. The van der Waals surface area contributed by atoms with E-state index in [1.807, 2.05) is 33.8 Å². The highest BCUT2D eigenvalue weighted by Gasteiger charge is 2.23. The molecular formula is C20H27N3O3. The van der Waals surface area contributed by atoms with Gasteiger partial charge in [-0.1, -0.05) is 13.8 Å². The molecule has 140 valence electrons. The minimum atomic E-state index is -1.07. The fraction of sp³-hybridized carbons (Fsp3) is 0.450. The van der Waals surface area contributed by atoms with Crippen molar-refractivity contribution in [2.75, 3.05) is 5.32 Å². The lowest BCUT2D eigenvalue weighted by atomic mass is 10.1. The van der Waals surface area contributed by atoms with Crippen LogP contribution >= 0.6 is 0 Å². The SMILES string of the molecule is CCC(CC)Nc1cc(C)nc(Oc2c(C)cc(C)nc2C)c1C(=O)O. The Labute approximate surface area is 154 Å². The number of anilines is 1. The smallest absolute Gasteiger partial charge is 0.343 e. The van der Waals surface area contributed by atoms with Gasteiger partial charge in [0.15, 0.2) is 5.75 Å². The molecule has 2 rings (SSSR count). The summed E-state index contributed by atoms with van der Waals surface area (Å²) in [6.07, 6.45) is 1.79. The van der Waals surface area contributed by atoms with E-state index in [1.54, 1.807) is 6.07 Å². The molecule has 0 saturated heterocycles. The molecule has 2 aromatic heterocycles. The molecule has 0 aromatic carbocycles. The summed E-state index contributed by atoms with van der Waals surface area (Å²) in [7, 11) is 0. The maximum Gasteiger partial charge on any atom is 0.343 e. The van der Waals surface area contributed by atoms with Crippen molar-refractivity contribution in [1.29, 1.82) is 0 Å². The molecule has 6 nitrogen and oxygen atoms in total. The molecule has 0 bridgehead atoms. The van der Waals surface area contributed by atoms with Gasteiger partial charge < -0.3 is 15.2 Å². The third-order valence-electron chi connectivity index (χ3n) is 4.33. The van der Waals surface area contributed by atoms with Gasteiger partial charge in [0.2, 0.25) is 5.88 Å². The van der Waals surface area contributed by atoms with Crippen LogP contribution in [0.5, 0.6) is 11.6 Å². The number of hydrogen-bond donors (Lipinski definition) is 2. The quantitative estimate of drug-likeness (QED) is 0.740. The predicted molar refractivity (Wildman–Crippen MR) is 102 cm³/mol. The monoisotopic (exact) mass is 357 g/mol. The van der Waals surface area contributed by atoms with Crippen molar-refractivity contribution in [3.05, 3.63) is 40.3 Å². The van der Waals surface area contributed by atoms with Gasteiger partial charge in [0, 0.05) is 17.4 Å². The Morgan fingerprint density at radius 3 is 2.27 bits per heavy atom. The average molecular weight is 357 g/mol. The molecule has 26 heavy (non-hydrogen) atoms. The molecule has 0 spiro atoms. The molecule has 0 saturated carbocycles. The minimum absolute atomic E-state index is 0.0434. The van der Waals surface area contributed by atoms with Crippen molar-refractivity contribution in [2.45, 2.75) is 60.4 Å². The third-order valence-corrected chi connectivity index (χ3v) is 4.33. The zero-order valence-corrected chi connectivity index (χ0v) is 16.3. The van der Waals surface area contributed by atoms with Gasteiger partial charge >= 0.3 is 5.97 Å². The number of hydrogen-bond acceptors (Lipinski definition) is 5. The summed E-state index contributed by atoms with van der Waals surface area (Å²) in [6, 6.07) is 3.84. The lowest BCUT2D eigenvalue weighted by molar-refractivity contribution is 0.0694. The third kappa shape index (κ3) is 4.31. The van der Waals surface area contributed by atoms with Crippen LogP contribution in [0.4, 0.5) is 5.69 Å². The zero-order valence-electron chi connectivity index (χ0n) is 16.3. The molecule has 0 aliphatic heterocycles. The number of nitrogens with zero attached hydrogens (tertiary/aromatic N) is 2.